The molecule has 0 unspecified atom stereocenters. The van der Waals surface area contributed by atoms with E-state index in [0.717, 1.165) is 0 Å². The molecule has 4 nitrogen and oxygen atoms in total. The van der Waals surface area contributed by atoms with Crippen LogP contribution in [-0.2, 0) is 9.59 Å². The summed E-state index contributed by atoms with van der Waals surface area (Å²) in [6.45, 7) is 5.11. The lowest BCUT2D eigenvalue weighted by Gasteiger charge is -2.14. The molecule has 0 heterocycles. The lowest BCUT2D eigenvalue weighted by atomic mass is 9.90. The van der Waals surface area contributed by atoms with Crippen LogP contribution in [-0.4, -0.2) is 22.2 Å². The zero-order chi connectivity index (χ0) is 10.4. The molecule has 0 fully saturated rings. The summed E-state index contributed by atoms with van der Waals surface area (Å²) in [6, 6.07) is 0. The molecule has 4 heteroatoms. The van der Waals surface area contributed by atoms with Gasteiger partial charge in [0.25, 0.3) is 0 Å². The van der Waals surface area contributed by atoms with Gasteiger partial charge in [-0.3, -0.25) is 9.59 Å². The Labute approximate surface area is 76.9 Å². The average molecular weight is 186 g/mol. The Balaban J connectivity index is 4.28. The maximum Gasteiger partial charge on any atom is 0.318 e. The molecule has 0 aromatic rings. The minimum atomic E-state index is -1.31. The highest BCUT2D eigenvalue weighted by Crippen LogP contribution is 2.18. The van der Waals surface area contributed by atoms with Gasteiger partial charge in [0.15, 0.2) is 5.92 Å². The molecule has 74 valence electrons. The van der Waals surface area contributed by atoms with Gasteiger partial charge in [0.1, 0.15) is 0 Å². The van der Waals surface area contributed by atoms with Crippen molar-refractivity contribution in [3.05, 3.63) is 12.7 Å². The largest absolute Gasteiger partial charge is 0.481 e. The number of carboxylic acid groups (broad SMARTS) is 2. The predicted molar refractivity (Wildman–Crippen MR) is 47.4 cm³/mol. The highest BCUT2D eigenvalue weighted by atomic mass is 16.4. The highest BCUT2D eigenvalue weighted by molar-refractivity contribution is 5.93. The van der Waals surface area contributed by atoms with Gasteiger partial charge in [0, 0.05) is 0 Å². The lowest BCUT2D eigenvalue weighted by Crippen LogP contribution is -2.29. The van der Waals surface area contributed by atoms with Crippen LogP contribution in [0.15, 0.2) is 12.7 Å². The smallest absolute Gasteiger partial charge is 0.318 e. The van der Waals surface area contributed by atoms with E-state index in [1.807, 2.05) is 0 Å². The fourth-order valence-electron chi connectivity index (χ4n) is 1.14. The monoisotopic (exact) mass is 186 g/mol. The number of hydrogen-bond donors (Lipinski definition) is 2. The van der Waals surface area contributed by atoms with Crippen molar-refractivity contribution in [3.8, 4) is 0 Å². The van der Waals surface area contributed by atoms with Gasteiger partial charge in [-0.25, -0.2) is 0 Å². The first kappa shape index (κ1) is 11.7. The molecule has 0 bridgehead atoms. The van der Waals surface area contributed by atoms with E-state index >= 15 is 0 Å². The van der Waals surface area contributed by atoms with E-state index in [1.165, 1.54) is 0 Å². The van der Waals surface area contributed by atoms with Gasteiger partial charge in [-0.2, -0.15) is 0 Å². The van der Waals surface area contributed by atoms with Crippen LogP contribution in [0.2, 0.25) is 0 Å². The van der Waals surface area contributed by atoms with Crippen molar-refractivity contribution in [1.29, 1.82) is 0 Å². The number of aliphatic carboxylic acids is 2. The molecule has 0 aliphatic rings. The van der Waals surface area contributed by atoms with Crippen LogP contribution in [0.25, 0.3) is 0 Å². The second-order valence-electron chi connectivity index (χ2n) is 3.00. The van der Waals surface area contributed by atoms with Gasteiger partial charge in [-0.05, 0) is 18.8 Å². The van der Waals surface area contributed by atoms with Gasteiger partial charge in [-0.15, -0.1) is 6.58 Å². The second kappa shape index (κ2) is 5.35. The molecule has 0 radical (unpaired) electrons. The first-order chi connectivity index (χ1) is 6.00. The molecule has 13 heavy (non-hydrogen) atoms. The van der Waals surface area contributed by atoms with Crippen molar-refractivity contribution < 1.29 is 19.8 Å². The molecular formula is C9H14O4. The van der Waals surface area contributed by atoms with E-state index in [4.69, 9.17) is 10.2 Å². The maximum absolute atomic E-state index is 10.5. The average Bonchev–Trinajstić information content (AvgIpc) is 1.99. The number of allylic oxidation sites excluding steroid dienone is 1. The second-order valence-corrected chi connectivity index (χ2v) is 3.00. The van der Waals surface area contributed by atoms with E-state index in [-0.39, 0.29) is 5.92 Å². The Morgan fingerprint density at radius 2 is 1.85 bits per heavy atom. The summed E-state index contributed by atoms with van der Waals surface area (Å²) < 4.78 is 0. The number of carboxylic acids is 2. The SMILES string of the molecule is C=CCC[C@@H](C)C(C(=O)O)C(=O)O. The summed E-state index contributed by atoms with van der Waals surface area (Å²) >= 11 is 0. The summed E-state index contributed by atoms with van der Waals surface area (Å²) in [5.74, 6) is -4.22. The third kappa shape index (κ3) is 3.73. The van der Waals surface area contributed by atoms with Crippen molar-refractivity contribution in [3.63, 3.8) is 0 Å². The minimum absolute atomic E-state index is 0.368. The Morgan fingerprint density at radius 3 is 2.15 bits per heavy atom. The standard InChI is InChI=1S/C9H14O4/c1-3-4-5-6(2)7(8(10)11)9(12)13/h3,6-7H,1,4-5H2,2H3,(H,10,11)(H,12,13)/t6-/m1/s1. The van der Waals surface area contributed by atoms with E-state index < -0.39 is 17.9 Å². The molecule has 0 aromatic heterocycles. The zero-order valence-electron chi connectivity index (χ0n) is 7.56. The Kier molecular flexibility index (Phi) is 4.80. The molecule has 0 saturated heterocycles. The zero-order valence-corrected chi connectivity index (χ0v) is 7.56. The first-order valence-corrected chi connectivity index (χ1v) is 4.07. The lowest BCUT2D eigenvalue weighted by molar-refractivity contribution is -0.157. The Bertz CT molecular complexity index is 196. The van der Waals surface area contributed by atoms with Crippen molar-refractivity contribution in [2.45, 2.75) is 19.8 Å². The van der Waals surface area contributed by atoms with Crippen LogP contribution in [0.4, 0.5) is 0 Å². The van der Waals surface area contributed by atoms with Gasteiger partial charge in [0.05, 0.1) is 0 Å². The van der Waals surface area contributed by atoms with Crippen LogP contribution in [0, 0.1) is 11.8 Å². The summed E-state index contributed by atoms with van der Waals surface area (Å²) in [4.78, 5) is 21.1. The molecule has 1 atom stereocenters. The Hall–Kier alpha value is -1.32. The minimum Gasteiger partial charge on any atom is -0.481 e. The molecule has 0 amide bonds. The van der Waals surface area contributed by atoms with E-state index in [2.05, 4.69) is 6.58 Å². The van der Waals surface area contributed by atoms with Gasteiger partial charge < -0.3 is 10.2 Å². The number of carbonyl (C=O) groups is 2. The quantitative estimate of drug-likeness (QED) is 0.485. The molecule has 0 saturated carbocycles. The third-order valence-corrected chi connectivity index (χ3v) is 1.93. The molecule has 2 N–H and O–H groups in total. The van der Waals surface area contributed by atoms with Crippen LogP contribution in [0.1, 0.15) is 19.8 Å². The van der Waals surface area contributed by atoms with Gasteiger partial charge in [-0.1, -0.05) is 13.0 Å². The van der Waals surface area contributed by atoms with E-state index in [1.54, 1.807) is 13.0 Å². The van der Waals surface area contributed by atoms with Crippen LogP contribution in [0.5, 0.6) is 0 Å². The maximum atomic E-state index is 10.5. The fourth-order valence-corrected chi connectivity index (χ4v) is 1.14. The topological polar surface area (TPSA) is 74.6 Å². The van der Waals surface area contributed by atoms with Crippen molar-refractivity contribution in [2.24, 2.45) is 11.8 Å². The van der Waals surface area contributed by atoms with Gasteiger partial charge >= 0.3 is 11.9 Å². The summed E-state index contributed by atoms with van der Waals surface area (Å²) in [6.07, 6.45) is 2.82. The van der Waals surface area contributed by atoms with Crippen molar-refractivity contribution in [1.82, 2.24) is 0 Å². The third-order valence-electron chi connectivity index (χ3n) is 1.93. The molecule has 0 aromatic carbocycles. The molecule has 0 spiro atoms. The summed E-state index contributed by atoms with van der Waals surface area (Å²) in [5.41, 5.74) is 0. The van der Waals surface area contributed by atoms with E-state index in [0.29, 0.717) is 12.8 Å². The predicted octanol–water partition coefficient (Wildman–Crippen LogP) is 1.37. The van der Waals surface area contributed by atoms with Gasteiger partial charge in [0.2, 0.25) is 0 Å². The number of hydrogen-bond acceptors (Lipinski definition) is 2. The van der Waals surface area contributed by atoms with Crippen molar-refractivity contribution in [2.75, 3.05) is 0 Å². The highest BCUT2D eigenvalue weighted by Gasteiger charge is 2.31. The molecule has 0 rings (SSSR count). The number of rotatable bonds is 6. The Morgan fingerprint density at radius 1 is 1.38 bits per heavy atom. The first-order valence-electron chi connectivity index (χ1n) is 4.07. The van der Waals surface area contributed by atoms with Crippen LogP contribution >= 0.6 is 0 Å². The molecule has 0 aliphatic carbocycles. The summed E-state index contributed by atoms with van der Waals surface area (Å²) in [5, 5.41) is 17.2. The molecular weight excluding hydrogens is 172 g/mol. The van der Waals surface area contributed by atoms with Crippen molar-refractivity contribution >= 4 is 11.9 Å². The molecule has 0 aliphatic heterocycles. The summed E-state index contributed by atoms with van der Waals surface area (Å²) in [7, 11) is 0. The normalized spacial score (nSPS) is 12.5. The van der Waals surface area contributed by atoms with Crippen LogP contribution < -0.4 is 0 Å². The van der Waals surface area contributed by atoms with Crippen LogP contribution in [0.3, 0.4) is 0 Å². The fraction of sp³-hybridized carbons (Fsp3) is 0.556. The van der Waals surface area contributed by atoms with E-state index in [9.17, 15) is 9.59 Å².